The maximum Gasteiger partial charge on any atom is 0.0794 e. The summed E-state index contributed by atoms with van der Waals surface area (Å²) in [5.74, 6) is 0. The van der Waals surface area contributed by atoms with Crippen LogP contribution in [0.5, 0.6) is 0 Å². The van der Waals surface area contributed by atoms with Crippen LogP contribution in [0.15, 0.2) is 72.8 Å². The fourth-order valence-electron chi connectivity index (χ4n) is 3.45. The van der Waals surface area contributed by atoms with Crippen LogP contribution in [0, 0.1) is 0 Å². The highest BCUT2D eigenvalue weighted by Gasteiger charge is 2.19. The van der Waals surface area contributed by atoms with Gasteiger partial charge in [0.25, 0.3) is 0 Å². The third-order valence-corrected chi connectivity index (χ3v) is 4.78. The van der Waals surface area contributed by atoms with Crippen molar-refractivity contribution in [2.45, 2.75) is 0 Å². The Kier molecular flexibility index (Phi) is 3.66. The smallest absolute Gasteiger partial charge is 0.0794 e. The molecule has 4 rings (SSSR count). The number of hydrogen-bond acceptors (Lipinski definition) is 4. The summed E-state index contributed by atoms with van der Waals surface area (Å²) in [6.07, 6.45) is 0. The number of nitrogens with two attached hydrogens (primary N) is 4. The molecule has 0 aliphatic rings. The highest BCUT2D eigenvalue weighted by Crippen LogP contribution is 2.46. The lowest BCUT2D eigenvalue weighted by Crippen LogP contribution is -2.05. The lowest BCUT2D eigenvalue weighted by atomic mass is 9.90. The second-order valence-corrected chi connectivity index (χ2v) is 6.30. The van der Waals surface area contributed by atoms with E-state index in [2.05, 4.69) is 0 Å². The molecule has 0 heterocycles. The Balaban J connectivity index is 2.16. The second kappa shape index (κ2) is 6.01. The van der Waals surface area contributed by atoms with Gasteiger partial charge in [0, 0.05) is 27.6 Å². The van der Waals surface area contributed by atoms with Crippen molar-refractivity contribution in [1.82, 2.24) is 0 Å². The highest BCUT2D eigenvalue weighted by molar-refractivity contribution is 6.19. The predicted octanol–water partition coefficient (Wildman–Crippen LogP) is 4.50. The van der Waals surface area contributed by atoms with Crippen molar-refractivity contribution in [2.75, 3.05) is 22.9 Å². The predicted molar refractivity (Wildman–Crippen MR) is 112 cm³/mol. The van der Waals surface area contributed by atoms with E-state index in [4.69, 9.17) is 22.9 Å². The average molecular weight is 340 g/mol. The molecule has 0 saturated heterocycles. The maximum atomic E-state index is 6.63. The minimum atomic E-state index is 0.392. The van der Waals surface area contributed by atoms with E-state index in [0.29, 0.717) is 22.7 Å². The monoisotopic (exact) mass is 340 g/mol. The van der Waals surface area contributed by atoms with Crippen LogP contribution in [0.2, 0.25) is 0 Å². The summed E-state index contributed by atoms with van der Waals surface area (Å²) in [5.41, 5.74) is 31.2. The zero-order valence-corrected chi connectivity index (χ0v) is 14.2. The summed E-state index contributed by atoms with van der Waals surface area (Å²) in [6, 6.07) is 23.8. The first-order chi connectivity index (χ1) is 12.6. The molecule has 0 atom stereocenters. The molecule has 0 spiro atoms. The standard InChI is InChI=1S/C22H20N4/c23-19-15(13-7-3-1-4-8-13)11-12-16-18(19)17(14-9-5-2-6-10-14)21(25)22(26)20(16)24/h1-12H,23-26H2. The van der Waals surface area contributed by atoms with Crippen molar-refractivity contribution in [1.29, 1.82) is 0 Å². The van der Waals surface area contributed by atoms with Gasteiger partial charge in [0.15, 0.2) is 0 Å². The lowest BCUT2D eigenvalue weighted by Gasteiger charge is -2.19. The molecule has 0 radical (unpaired) electrons. The van der Waals surface area contributed by atoms with E-state index in [9.17, 15) is 0 Å². The fourth-order valence-corrected chi connectivity index (χ4v) is 3.45. The summed E-state index contributed by atoms with van der Waals surface area (Å²) >= 11 is 0. The molecule has 4 nitrogen and oxygen atoms in total. The molecule has 26 heavy (non-hydrogen) atoms. The molecule has 0 aliphatic heterocycles. The SMILES string of the molecule is Nc1c(N)c(-c2ccccc2)c2c(N)c(-c3ccccc3)ccc2c1N. The van der Waals surface area contributed by atoms with Crippen LogP contribution in [0.4, 0.5) is 22.7 Å². The Morgan fingerprint density at radius 3 is 1.65 bits per heavy atom. The Morgan fingerprint density at radius 1 is 0.462 bits per heavy atom. The van der Waals surface area contributed by atoms with Crippen molar-refractivity contribution in [3.05, 3.63) is 72.8 Å². The molecule has 4 heteroatoms. The molecule has 0 amide bonds. The van der Waals surface area contributed by atoms with Crippen LogP contribution in [0.25, 0.3) is 33.0 Å². The van der Waals surface area contributed by atoms with Crippen LogP contribution in [0.3, 0.4) is 0 Å². The van der Waals surface area contributed by atoms with Gasteiger partial charge in [0.05, 0.1) is 17.1 Å². The quantitative estimate of drug-likeness (QED) is 0.403. The molecule has 4 aromatic carbocycles. The molecule has 0 aliphatic carbocycles. The van der Waals surface area contributed by atoms with Gasteiger partial charge in [-0.05, 0) is 11.1 Å². The summed E-state index contributed by atoms with van der Waals surface area (Å²) in [7, 11) is 0. The number of rotatable bonds is 2. The molecule has 128 valence electrons. The fraction of sp³-hybridized carbons (Fsp3) is 0. The zero-order valence-electron chi connectivity index (χ0n) is 14.2. The largest absolute Gasteiger partial charge is 0.398 e. The normalized spacial score (nSPS) is 10.9. The summed E-state index contributed by atoms with van der Waals surface area (Å²) in [4.78, 5) is 0. The van der Waals surface area contributed by atoms with Crippen LogP contribution >= 0.6 is 0 Å². The van der Waals surface area contributed by atoms with Crippen LogP contribution in [0.1, 0.15) is 0 Å². The van der Waals surface area contributed by atoms with E-state index >= 15 is 0 Å². The van der Waals surface area contributed by atoms with Crippen molar-refractivity contribution in [3.63, 3.8) is 0 Å². The molecule has 0 fully saturated rings. The van der Waals surface area contributed by atoms with Gasteiger partial charge >= 0.3 is 0 Å². The molecule has 8 N–H and O–H groups in total. The minimum Gasteiger partial charge on any atom is -0.398 e. The van der Waals surface area contributed by atoms with Crippen molar-refractivity contribution < 1.29 is 0 Å². The number of nitrogen functional groups attached to an aromatic ring is 4. The van der Waals surface area contributed by atoms with E-state index in [1.54, 1.807) is 0 Å². The molecule has 0 bridgehead atoms. The second-order valence-electron chi connectivity index (χ2n) is 6.30. The van der Waals surface area contributed by atoms with E-state index in [1.165, 1.54) is 0 Å². The average Bonchev–Trinajstić information content (AvgIpc) is 2.68. The molecular formula is C22H20N4. The van der Waals surface area contributed by atoms with Gasteiger partial charge in [-0.15, -0.1) is 0 Å². The third kappa shape index (κ3) is 2.31. The first-order valence-electron chi connectivity index (χ1n) is 8.39. The van der Waals surface area contributed by atoms with E-state index in [0.717, 1.165) is 33.0 Å². The van der Waals surface area contributed by atoms with Crippen LogP contribution in [-0.4, -0.2) is 0 Å². The highest BCUT2D eigenvalue weighted by atomic mass is 14.7. The number of anilines is 4. The van der Waals surface area contributed by atoms with Gasteiger partial charge in [-0.3, -0.25) is 0 Å². The maximum absolute atomic E-state index is 6.63. The number of hydrogen-bond donors (Lipinski definition) is 4. The van der Waals surface area contributed by atoms with Gasteiger partial charge in [-0.1, -0.05) is 72.8 Å². The van der Waals surface area contributed by atoms with Gasteiger partial charge < -0.3 is 22.9 Å². The Morgan fingerprint density at radius 2 is 1.04 bits per heavy atom. The molecular weight excluding hydrogens is 320 g/mol. The molecule has 0 unspecified atom stereocenters. The number of benzene rings is 4. The lowest BCUT2D eigenvalue weighted by molar-refractivity contribution is 1.61. The molecule has 0 aromatic heterocycles. The Bertz CT molecular complexity index is 1100. The summed E-state index contributed by atoms with van der Waals surface area (Å²) < 4.78 is 0. The van der Waals surface area contributed by atoms with Gasteiger partial charge in [-0.2, -0.15) is 0 Å². The Hall–Kier alpha value is -3.66. The van der Waals surface area contributed by atoms with Gasteiger partial charge in [0.2, 0.25) is 0 Å². The van der Waals surface area contributed by atoms with Crippen LogP contribution in [-0.2, 0) is 0 Å². The van der Waals surface area contributed by atoms with Crippen molar-refractivity contribution >= 4 is 33.5 Å². The number of fused-ring (bicyclic) bond motifs is 1. The summed E-state index contributed by atoms with van der Waals surface area (Å²) in [5, 5.41) is 1.65. The van der Waals surface area contributed by atoms with E-state index < -0.39 is 0 Å². The van der Waals surface area contributed by atoms with Crippen LogP contribution < -0.4 is 22.9 Å². The minimum absolute atomic E-state index is 0.392. The Labute approximate surface area is 152 Å². The first-order valence-corrected chi connectivity index (χ1v) is 8.39. The van der Waals surface area contributed by atoms with E-state index in [1.807, 2.05) is 72.8 Å². The van der Waals surface area contributed by atoms with Gasteiger partial charge in [0.1, 0.15) is 0 Å². The van der Waals surface area contributed by atoms with Crippen molar-refractivity contribution in [2.24, 2.45) is 0 Å². The first kappa shape index (κ1) is 15.8. The molecule has 4 aromatic rings. The summed E-state index contributed by atoms with van der Waals surface area (Å²) in [6.45, 7) is 0. The topological polar surface area (TPSA) is 104 Å². The molecule has 0 saturated carbocycles. The van der Waals surface area contributed by atoms with Crippen molar-refractivity contribution in [3.8, 4) is 22.3 Å². The third-order valence-electron chi connectivity index (χ3n) is 4.78. The van der Waals surface area contributed by atoms with E-state index in [-0.39, 0.29) is 0 Å². The zero-order chi connectivity index (χ0) is 18.3. The van der Waals surface area contributed by atoms with Gasteiger partial charge in [-0.25, -0.2) is 0 Å².